The van der Waals surface area contributed by atoms with Crippen molar-refractivity contribution in [2.75, 3.05) is 0 Å². The Hall–Kier alpha value is -2.75. The summed E-state index contributed by atoms with van der Waals surface area (Å²) >= 11 is 0. The summed E-state index contributed by atoms with van der Waals surface area (Å²) < 4.78 is 0. The molecule has 142 valence electrons. The summed E-state index contributed by atoms with van der Waals surface area (Å²) in [4.78, 5) is 22.4. The molecule has 0 bridgehead atoms. The van der Waals surface area contributed by atoms with Crippen molar-refractivity contribution in [1.29, 1.82) is 0 Å². The summed E-state index contributed by atoms with van der Waals surface area (Å²) in [7, 11) is 0. The molecule has 1 N–H and O–H groups in total. The van der Waals surface area contributed by atoms with E-state index in [0.29, 0.717) is 0 Å². The van der Waals surface area contributed by atoms with Crippen LogP contribution in [-0.4, -0.2) is 17.1 Å². The average Bonchev–Trinajstić information content (AvgIpc) is 2.64. The number of benzene rings is 1. The molecule has 1 aliphatic rings. The molecule has 0 heterocycles. The number of nitrogens with zero attached hydrogens (tertiary/aromatic N) is 1. The predicted molar refractivity (Wildman–Crippen MR) is 111 cm³/mol. The molecule has 1 aliphatic carbocycles. The Labute approximate surface area is 161 Å². The minimum atomic E-state index is -0.957. The first-order chi connectivity index (χ1) is 12.8. The van der Waals surface area contributed by atoms with E-state index in [2.05, 4.69) is 44.2 Å². The van der Waals surface area contributed by atoms with Crippen molar-refractivity contribution in [1.82, 2.24) is 0 Å². The molecule has 0 spiro atoms. The van der Waals surface area contributed by atoms with Crippen molar-refractivity contribution >= 4 is 12.0 Å². The van der Waals surface area contributed by atoms with Crippen molar-refractivity contribution in [3.63, 3.8) is 0 Å². The van der Waals surface area contributed by atoms with Gasteiger partial charge in [0.1, 0.15) is 6.04 Å². The molecule has 1 atom stereocenters. The minimum absolute atomic E-state index is 0.126. The van der Waals surface area contributed by atoms with Crippen LogP contribution in [0.1, 0.15) is 56.0 Å². The smallest absolute Gasteiger partial charge is 0.335 e. The van der Waals surface area contributed by atoms with Gasteiger partial charge in [-0.15, -0.1) is 4.91 Å². The van der Waals surface area contributed by atoms with Crippen molar-refractivity contribution in [3.05, 3.63) is 81.8 Å². The Balaban J connectivity index is 2.22. The summed E-state index contributed by atoms with van der Waals surface area (Å²) in [5, 5.41) is 12.3. The molecule has 0 radical (unpaired) electrons. The van der Waals surface area contributed by atoms with Gasteiger partial charge in [-0.2, -0.15) is 0 Å². The Kier molecular flexibility index (Phi) is 7.05. The third-order valence-electron chi connectivity index (χ3n) is 4.73. The van der Waals surface area contributed by atoms with Crippen LogP contribution in [0, 0.1) is 10.3 Å². The number of allylic oxidation sites excluding steroid dienone is 4. The van der Waals surface area contributed by atoms with Gasteiger partial charge in [-0.05, 0) is 54.9 Å². The SMILES string of the molecule is CC1=CCC(C)(C)CC=C(C(C=Cc2ccc(C(=O)O)cc2)N=O)C=CC1. The van der Waals surface area contributed by atoms with Gasteiger partial charge in [0.05, 0.1) is 5.56 Å². The second kappa shape index (κ2) is 9.26. The summed E-state index contributed by atoms with van der Waals surface area (Å²) in [6, 6.07) is 5.96. The zero-order valence-corrected chi connectivity index (χ0v) is 16.2. The number of rotatable bonds is 5. The van der Waals surface area contributed by atoms with Gasteiger partial charge in [-0.1, -0.05) is 73.2 Å². The summed E-state index contributed by atoms with van der Waals surface area (Å²) in [5.41, 5.74) is 3.41. The van der Waals surface area contributed by atoms with Gasteiger partial charge in [0.25, 0.3) is 0 Å². The zero-order chi connectivity index (χ0) is 19.9. The molecule has 0 amide bonds. The Morgan fingerprint density at radius 1 is 1.19 bits per heavy atom. The zero-order valence-electron chi connectivity index (χ0n) is 16.2. The number of carboxylic acid groups (broad SMARTS) is 1. The third kappa shape index (κ3) is 6.48. The molecule has 27 heavy (non-hydrogen) atoms. The van der Waals surface area contributed by atoms with E-state index in [1.54, 1.807) is 30.3 Å². The number of aromatic carboxylic acids is 1. The summed E-state index contributed by atoms with van der Waals surface area (Å²) in [6.45, 7) is 6.57. The highest BCUT2D eigenvalue weighted by Gasteiger charge is 2.17. The molecule has 1 aromatic carbocycles. The van der Waals surface area contributed by atoms with Gasteiger partial charge < -0.3 is 5.11 Å². The fraction of sp³-hybridized carbons (Fsp3) is 0.348. The van der Waals surface area contributed by atoms with E-state index >= 15 is 0 Å². The third-order valence-corrected chi connectivity index (χ3v) is 4.73. The van der Waals surface area contributed by atoms with Gasteiger partial charge in [-0.3, -0.25) is 0 Å². The highest BCUT2D eigenvalue weighted by Crippen LogP contribution is 2.29. The fourth-order valence-electron chi connectivity index (χ4n) is 2.83. The van der Waals surface area contributed by atoms with Crippen LogP contribution in [0.2, 0.25) is 0 Å². The van der Waals surface area contributed by atoms with Crippen LogP contribution in [0.4, 0.5) is 0 Å². The van der Waals surface area contributed by atoms with Gasteiger partial charge in [-0.25, -0.2) is 4.79 Å². The summed E-state index contributed by atoms with van der Waals surface area (Å²) in [5.74, 6) is -0.957. The number of carboxylic acids is 1. The highest BCUT2D eigenvalue weighted by molar-refractivity contribution is 5.87. The first-order valence-corrected chi connectivity index (χ1v) is 9.17. The van der Waals surface area contributed by atoms with E-state index < -0.39 is 12.0 Å². The first kappa shape index (κ1) is 20.6. The number of hydrogen-bond acceptors (Lipinski definition) is 3. The van der Waals surface area contributed by atoms with Gasteiger partial charge in [0.15, 0.2) is 0 Å². The maximum absolute atomic E-state index is 11.5. The van der Waals surface area contributed by atoms with Crippen LogP contribution in [-0.2, 0) is 0 Å². The molecule has 0 fully saturated rings. The quantitative estimate of drug-likeness (QED) is 0.501. The van der Waals surface area contributed by atoms with Crippen LogP contribution < -0.4 is 0 Å². The van der Waals surface area contributed by atoms with Gasteiger partial charge in [0.2, 0.25) is 0 Å². The Morgan fingerprint density at radius 3 is 2.48 bits per heavy atom. The lowest BCUT2D eigenvalue weighted by molar-refractivity contribution is 0.0697. The van der Waals surface area contributed by atoms with Gasteiger partial charge >= 0.3 is 5.97 Å². The molecule has 1 unspecified atom stereocenters. The van der Waals surface area contributed by atoms with Crippen LogP contribution in [0.3, 0.4) is 0 Å². The largest absolute Gasteiger partial charge is 0.478 e. The van der Waals surface area contributed by atoms with Gasteiger partial charge in [0, 0.05) is 0 Å². The van der Waals surface area contributed by atoms with E-state index in [0.717, 1.165) is 30.4 Å². The molecule has 0 aliphatic heterocycles. The van der Waals surface area contributed by atoms with E-state index in [-0.39, 0.29) is 11.0 Å². The number of hydrogen-bond donors (Lipinski definition) is 1. The topological polar surface area (TPSA) is 66.7 Å². The maximum atomic E-state index is 11.5. The molecule has 0 saturated heterocycles. The van der Waals surface area contributed by atoms with E-state index in [1.165, 1.54) is 5.57 Å². The second-order valence-electron chi connectivity index (χ2n) is 7.77. The molecule has 4 heteroatoms. The van der Waals surface area contributed by atoms with Crippen LogP contribution in [0.5, 0.6) is 0 Å². The summed E-state index contributed by atoms with van der Waals surface area (Å²) in [6.07, 6.45) is 14.8. The molecule has 0 saturated carbocycles. The second-order valence-corrected chi connectivity index (χ2v) is 7.77. The average molecular weight is 365 g/mol. The normalized spacial score (nSPS) is 18.5. The lowest BCUT2D eigenvalue weighted by Crippen LogP contribution is -2.11. The lowest BCUT2D eigenvalue weighted by atomic mass is 9.83. The van der Waals surface area contributed by atoms with E-state index in [9.17, 15) is 9.70 Å². The number of nitroso groups, excluding NO2 is 1. The fourth-order valence-corrected chi connectivity index (χ4v) is 2.83. The van der Waals surface area contributed by atoms with Crippen LogP contribution >= 0.6 is 0 Å². The maximum Gasteiger partial charge on any atom is 0.335 e. The molecule has 1 aromatic rings. The van der Waals surface area contributed by atoms with Crippen molar-refractivity contribution in [2.24, 2.45) is 10.6 Å². The first-order valence-electron chi connectivity index (χ1n) is 9.17. The predicted octanol–water partition coefficient (Wildman–Crippen LogP) is 6.17. The molecule has 0 aromatic heterocycles. The molecular weight excluding hydrogens is 338 g/mol. The van der Waals surface area contributed by atoms with Crippen LogP contribution in [0.15, 0.2) is 71.0 Å². The van der Waals surface area contributed by atoms with Crippen molar-refractivity contribution in [3.8, 4) is 0 Å². The Morgan fingerprint density at radius 2 is 1.85 bits per heavy atom. The minimum Gasteiger partial charge on any atom is -0.478 e. The standard InChI is InChI=1S/C23H27NO3/c1-17-5-4-6-19(14-16-23(2,3)15-13-17)21(24-27)12-9-18-7-10-20(11-8-18)22(25)26/h4,6-14,21H,5,15-16H2,1-3H3,(H,25,26). The van der Waals surface area contributed by atoms with Crippen LogP contribution in [0.25, 0.3) is 6.08 Å². The molecule has 4 nitrogen and oxygen atoms in total. The van der Waals surface area contributed by atoms with Crippen molar-refractivity contribution in [2.45, 2.75) is 46.1 Å². The Bertz CT molecular complexity index is 795. The molecule has 2 rings (SSSR count). The number of carbonyl (C=O) groups is 1. The monoisotopic (exact) mass is 365 g/mol. The van der Waals surface area contributed by atoms with E-state index in [4.69, 9.17) is 5.11 Å². The van der Waals surface area contributed by atoms with Crippen molar-refractivity contribution < 1.29 is 9.90 Å². The van der Waals surface area contributed by atoms with E-state index in [1.807, 2.05) is 12.2 Å². The lowest BCUT2D eigenvalue weighted by Gasteiger charge is -2.23. The molecular formula is C23H27NO3. The highest BCUT2D eigenvalue weighted by atomic mass is 16.4.